The summed E-state index contributed by atoms with van der Waals surface area (Å²) in [5, 5.41) is 0. The van der Waals surface area contributed by atoms with E-state index in [9.17, 15) is 0 Å². The molecule has 7 rings (SSSR count). The zero-order valence-corrected chi connectivity index (χ0v) is 28.1. The van der Waals surface area contributed by atoms with Crippen molar-refractivity contribution in [2.45, 2.75) is 26.7 Å². The topological polar surface area (TPSA) is 32.3 Å². The number of nitrogens with zero attached hydrogens (tertiary/aromatic N) is 4. The molecule has 0 N–H and O–H groups in total. The largest absolute Gasteiger partial charge is 0.338 e. The van der Waals surface area contributed by atoms with Gasteiger partial charge in [-0.1, -0.05) is 111 Å². The summed E-state index contributed by atoms with van der Waals surface area (Å²) in [7, 11) is 0. The maximum absolute atomic E-state index is 5.37. The van der Waals surface area contributed by atoms with Crippen molar-refractivity contribution in [3.05, 3.63) is 175 Å². The van der Waals surface area contributed by atoms with E-state index >= 15 is 0 Å². The lowest BCUT2D eigenvalue weighted by atomic mass is 10.00. The first-order valence-corrected chi connectivity index (χ1v) is 17.1. The van der Waals surface area contributed by atoms with Gasteiger partial charge in [0.15, 0.2) is 0 Å². The van der Waals surface area contributed by atoms with E-state index < -0.39 is 0 Å². The van der Waals surface area contributed by atoms with Gasteiger partial charge in [-0.3, -0.25) is 0 Å². The fourth-order valence-electron chi connectivity index (χ4n) is 6.48. The number of fused-ring (bicyclic) bond motifs is 1. The zero-order chi connectivity index (χ0) is 33.6. The van der Waals surface area contributed by atoms with Gasteiger partial charge in [-0.2, -0.15) is 0 Å². The highest BCUT2D eigenvalue weighted by molar-refractivity contribution is 5.90. The molecule has 0 saturated heterocycles. The molecule has 240 valence electrons. The van der Waals surface area contributed by atoms with E-state index in [-0.39, 0.29) is 0 Å². The second kappa shape index (κ2) is 14.4. The molecule has 0 fully saturated rings. The van der Waals surface area contributed by atoms with Crippen molar-refractivity contribution >= 4 is 39.5 Å². The van der Waals surface area contributed by atoms with E-state index in [1.54, 1.807) is 0 Å². The minimum Gasteiger partial charge on any atom is -0.338 e. The predicted molar refractivity (Wildman–Crippen MR) is 207 cm³/mol. The lowest BCUT2D eigenvalue weighted by Gasteiger charge is -2.28. The molecule has 0 aliphatic heterocycles. The summed E-state index contributed by atoms with van der Waals surface area (Å²) in [6.45, 7) is 9.09. The van der Waals surface area contributed by atoms with Crippen LogP contribution in [0.5, 0.6) is 0 Å². The fourth-order valence-corrected chi connectivity index (χ4v) is 6.48. The van der Waals surface area contributed by atoms with Crippen molar-refractivity contribution in [2.24, 2.45) is 0 Å². The number of benzene rings is 6. The van der Waals surface area contributed by atoms with E-state index in [1.807, 2.05) is 18.2 Å². The monoisotopic (exact) mass is 636 g/mol. The Labute approximate surface area is 289 Å². The highest BCUT2D eigenvalue weighted by Crippen LogP contribution is 2.39. The van der Waals surface area contributed by atoms with Gasteiger partial charge in [0.25, 0.3) is 0 Å². The van der Waals surface area contributed by atoms with Crippen LogP contribution < -0.4 is 9.80 Å². The minimum atomic E-state index is 0.718. The molecule has 49 heavy (non-hydrogen) atoms. The van der Waals surface area contributed by atoms with Gasteiger partial charge in [-0.25, -0.2) is 9.97 Å². The van der Waals surface area contributed by atoms with Crippen LogP contribution in [0.2, 0.25) is 0 Å². The molecule has 0 spiro atoms. The number of anilines is 5. The van der Waals surface area contributed by atoms with Crippen LogP contribution in [0.1, 0.15) is 25.0 Å². The Bertz CT molecular complexity index is 2160. The Morgan fingerprint density at radius 2 is 0.857 bits per heavy atom. The first kappa shape index (κ1) is 31.6. The average molecular weight is 637 g/mol. The number of aromatic nitrogens is 2. The molecule has 1 heterocycles. The van der Waals surface area contributed by atoms with Crippen LogP contribution in [0.15, 0.2) is 164 Å². The lowest BCUT2D eigenvalue weighted by Crippen LogP contribution is -2.17. The third kappa shape index (κ3) is 6.46. The van der Waals surface area contributed by atoms with Crippen molar-refractivity contribution in [3.8, 4) is 22.5 Å². The van der Waals surface area contributed by atoms with Gasteiger partial charge in [-0.05, 0) is 84.6 Å². The second-order valence-corrected chi connectivity index (χ2v) is 12.0. The molecule has 7 aromatic rings. The standard InChI is InChI=1S/C45H40N4/c1-4-32-48(37-18-12-8-13-19-37)38-28-30-41(31-29-38)49(39-20-14-9-15-21-39)40-26-24-36(25-27-40)45-44(35-16-10-7-11-17-35)46-42-33(5-2)22-23-34(6-3)43(42)47-45/h4,7-31H,1,5-6,32H2,2-3H3. The smallest absolute Gasteiger partial charge is 0.0973 e. The van der Waals surface area contributed by atoms with E-state index in [1.165, 1.54) is 11.1 Å². The van der Waals surface area contributed by atoms with E-state index in [2.05, 4.69) is 170 Å². The Morgan fingerprint density at radius 1 is 0.469 bits per heavy atom. The van der Waals surface area contributed by atoms with Gasteiger partial charge >= 0.3 is 0 Å². The first-order valence-electron chi connectivity index (χ1n) is 17.1. The Hall–Kier alpha value is -6.00. The second-order valence-electron chi connectivity index (χ2n) is 12.0. The van der Waals surface area contributed by atoms with E-state index in [4.69, 9.17) is 9.97 Å². The van der Waals surface area contributed by atoms with Crippen molar-refractivity contribution in [3.63, 3.8) is 0 Å². The van der Waals surface area contributed by atoms with Crippen molar-refractivity contribution in [1.82, 2.24) is 9.97 Å². The molecule has 6 aromatic carbocycles. The van der Waals surface area contributed by atoms with Crippen LogP contribution in [-0.2, 0) is 12.8 Å². The summed E-state index contributed by atoms with van der Waals surface area (Å²) in [5.41, 5.74) is 13.8. The fraction of sp³-hybridized carbons (Fsp3) is 0.111. The van der Waals surface area contributed by atoms with Crippen molar-refractivity contribution in [1.29, 1.82) is 0 Å². The molecule has 0 aliphatic carbocycles. The van der Waals surface area contributed by atoms with Crippen LogP contribution in [-0.4, -0.2) is 16.5 Å². The predicted octanol–water partition coefficient (Wildman–Crippen LogP) is 11.9. The first-order chi connectivity index (χ1) is 24.2. The zero-order valence-electron chi connectivity index (χ0n) is 28.1. The molecule has 0 aliphatic rings. The molecule has 4 nitrogen and oxygen atoms in total. The Kier molecular flexibility index (Phi) is 9.29. The molecule has 0 saturated carbocycles. The number of aryl methyl sites for hydroxylation is 2. The molecule has 0 bridgehead atoms. The molecule has 0 amide bonds. The maximum atomic E-state index is 5.37. The molecular formula is C45H40N4. The van der Waals surface area contributed by atoms with Gasteiger partial charge in [0.2, 0.25) is 0 Å². The summed E-state index contributed by atoms with van der Waals surface area (Å²) < 4.78 is 0. The quantitative estimate of drug-likeness (QED) is 0.132. The van der Waals surface area contributed by atoms with Gasteiger partial charge in [-0.15, -0.1) is 6.58 Å². The third-order valence-corrected chi connectivity index (χ3v) is 9.01. The summed E-state index contributed by atoms with van der Waals surface area (Å²) in [6.07, 6.45) is 3.75. The van der Waals surface area contributed by atoms with Gasteiger partial charge in [0.1, 0.15) is 0 Å². The third-order valence-electron chi connectivity index (χ3n) is 9.01. The van der Waals surface area contributed by atoms with Crippen molar-refractivity contribution < 1.29 is 0 Å². The summed E-state index contributed by atoms with van der Waals surface area (Å²) in [6, 6.07) is 53.3. The number of para-hydroxylation sites is 2. The number of hydrogen-bond donors (Lipinski definition) is 0. The Morgan fingerprint density at radius 3 is 1.35 bits per heavy atom. The van der Waals surface area contributed by atoms with E-state index in [0.717, 1.165) is 81.4 Å². The summed E-state index contributed by atoms with van der Waals surface area (Å²) in [5.74, 6) is 0. The molecule has 1 aromatic heterocycles. The average Bonchev–Trinajstić information content (AvgIpc) is 3.18. The lowest BCUT2D eigenvalue weighted by molar-refractivity contribution is 1.10. The highest BCUT2D eigenvalue weighted by atomic mass is 15.2. The molecular weight excluding hydrogens is 597 g/mol. The van der Waals surface area contributed by atoms with Gasteiger partial charge < -0.3 is 9.80 Å². The summed E-state index contributed by atoms with van der Waals surface area (Å²) >= 11 is 0. The molecule has 0 unspecified atom stereocenters. The van der Waals surface area contributed by atoms with Crippen LogP contribution in [0, 0.1) is 0 Å². The van der Waals surface area contributed by atoms with Crippen LogP contribution in [0.25, 0.3) is 33.5 Å². The molecule has 0 atom stereocenters. The Balaban J connectivity index is 1.31. The van der Waals surface area contributed by atoms with Gasteiger partial charge in [0, 0.05) is 46.1 Å². The SMILES string of the molecule is C=CCN(c1ccccc1)c1ccc(N(c2ccccc2)c2ccc(-c3nc4c(CC)ccc(CC)c4nc3-c3ccccc3)cc2)cc1. The molecule has 4 heteroatoms. The maximum Gasteiger partial charge on any atom is 0.0973 e. The minimum absolute atomic E-state index is 0.718. The number of hydrogen-bond acceptors (Lipinski definition) is 4. The van der Waals surface area contributed by atoms with Crippen LogP contribution in [0.3, 0.4) is 0 Å². The number of rotatable bonds is 11. The van der Waals surface area contributed by atoms with E-state index in [0.29, 0.717) is 0 Å². The summed E-state index contributed by atoms with van der Waals surface area (Å²) in [4.78, 5) is 15.3. The van der Waals surface area contributed by atoms with Crippen molar-refractivity contribution in [2.75, 3.05) is 16.3 Å². The van der Waals surface area contributed by atoms with Crippen LogP contribution >= 0.6 is 0 Å². The normalized spacial score (nSPS) is 11.0. The van der Waals surface area contributed by atoms with Crippen LogP contribution in [0.4, 0.5) is 28.4 Å². The molecule has 0 radical (unpaired) electrons. The highest BCUT2D eigenvalue weighted by Gasteiger charge is 2.18. The van der Waals surface area contributed by atoms with Gasteiger partial charge in [0.05, 0.1) is 22.4 Å².